The average molecular weight is 655 g/mol. The monoisotopic (exact) mass is 652 g/mol. The predicted octanol–water partition coefficient (Wildman–Crippen LogP) is 5.17. The minimum absolute atomic E-state index is 0.0379. The summed E-state index contributed by atoms with van der Waals surface area (Å²) in [4.78, 5) is 24.9. The molecule has 1 unspecified atom stereocenters. The van der Waals surface area contributed by atoms with Gasteiger partial charge in [0.15, 0.2) is 5.75 Å². The SMILES string of the molecule is O=C(Oc1c(Br)cc(Br)cc1Br)c1ccccc1C(=O)OC(CS(=O)(=O)O)C(F)(F)F. The van der Waals surface area contributed by atoms with Crippen molar-refractivity contribution in [2.45, 2.75) is 12.3 Å². The van der Waals surface area contributed by atoms with Gasteiger partial charge in [-0.3, -0.25) is 4.55 Å². The van der Waals surface area contributed by atoms with Crippen LogP contribution in [0.5, 0.6) is 5.75 Å². The van der Waals surface area contributed by atoms with Crippen LogP contribution in [-0.2, 0) is 14.9 Å². The summed E-state index contributed by atoms with van der Waals surface area (Å²) in [6, 6.07) is 7.84. The van der Waals surface area contributed by atoms with E-state index in [4.69, 9.17) is 9.29 Å². The highest BCUT2D eigenvalue weighted by Crippen LogP contribution is 2.37. The van der Waals surface area contributed by atoms with Gasteiger partial charge in [0.2, 0.25) is 6.10 Å². The molecule has 0 aliphatic rings. The van der Waals surface area contributed by atoms with Gasteiger partial charge in [-0.1, -0.05) is 28.1 Å². The van der Waals surface area contributed by atoms with E-state index in [9.17, 15) is 31.2 Å². The second-order valence-corrected chi connectivity index (χ2v) is 9.94. The molecule has 0 saturated carbocycles. The molecule has 2 aromatic carbocycles. The Morgan fingerprint density at radius 2 is 1.48 bits per heavy atom. The first-order valence-corrected chi connectivity index (χ1v) is 11.9. The molecule has 0 bridgehead atoms. The van der Waals surface area contributed by atoms with Gasteiger partial charge in [0.1, 0.15) is 5.75 Å². The van der Waals surface area contributed by atoms with Crippen molar-refractivity contribution in [3.8, 4) is 5.75 Å². The van der Waals surface area contributed by atoms with Gasteiger partial charge in [0.25, 0.3) is 10.1 Å². The molecule has 0 aromatic heterocycles. The summed E-state index contributed by atoms with van der Waals surface area (Å²) in [6.45, 7) is 0. The third kappa shape index (κ3) is 7.27. The van der Waals surface area contributed by atoms with Crippen LogP contribution in [0.4, 0.5) is 13.2 Å². The first-order valence-electron chi connectivity index (χ1n) is 7.87. The minimum atomic E-state index is -5.28. The maximum absolute atomic E-state index is 13.0. The van der Waals surface area contributed by atoms with Crippen molar-refractivity contribution in [2.75, 3.05) is 5.75 Å². The molecule has 31 heavy (non-hydrogen) atoms. The molecular formula is C17H10Br3F3O7S. The number of carbonyl (C=O) groups excluding carboxylic acids is 2. The molecule has 0 aliphatic heterocycles. The Balaban J connectivity index is 2.34. The smallest absolute Gasteiger partial charge is 0.426 e. The van der Waals surface area contributed by atoms with Gasteiger partial charge in [-0.05, 0) is 56.1 Å². The van der Waals surface area contributed by atoms with E-state index in [1.54, 1.807) is 12.1 Å². The van der Waals surface area contributed by atoms with E-state index < -0.39 is 51.2 Å². The lowest BCUT2D eigenvalue weighted by atomic mass is 10.1. The van der Waals surface area contributed by atoms with Crippen LogP contribution in [-0.4, -0.2) is 42.9 Å². The standard InChI is InChI=1S/C17H10Br3F3O7S/c18-8-5-11(19)14(12(20)6-8)30-16(25)10-4-2-1-3-9(10)15(24)29-13(17(21,22)23)7-31(26,27)28/h1-6,13H,7H2,(H,26,27,28). The molecule has 1 N–H and O–H groups in total. The second kappa shape index (κ2) is 9.98. The van der Waals surface area contributed by atoms with Gasteiger partial charge in [-0.25, -0.2) is 9.59 Å². The quantitative estimate of drug-likeness (QED) is 0.260. The number of carbonyl (C=O) groups is 2. The Labute approximate surface area is 199 Å². The molecule has 168 valence electrons. The maximum Gasteiger partial charge on any atom is 0.426 e. The van der Waals surface area contributed by atoms with Gasteiger partial charge >= 0.3 is 18.1 Å². The van der Waals surface area contributed by atoms with Crippen LogP contribution in [0.25, 0.3) is 0 Å². The number of rotatable bonds is 6. The van der Waals surface area contributed by atoms with Crippen LogP contribution >= 0.6 is 47.8 Å². The first-order chi connectivity index (χ1) is 14.2. The molecule has 0 aliphatic carbocycles. The number of esters is 2. The topological polar surface area (TPSA) is 107 Å². The molecule has 2 rings (SSSR count). The molecular weight excluding hydrogens is 645 g/mol. The van der Waals surface area contributed by atoms with Crippen LogP contribution in [0, 0.1) is 0 Å². The van der Waals surface area contributed by atoms with Crippen molar-refractivity contribution in [3.63, 3.8) is 0 Å². The number of halogens is 6. The van der Waals surface area contributed by atoms with Crippen molar-refractivity contribution in [2.24, 2.45) is 0 Å². The van der Waals surface area contributed by atoms with Gasteiger partial charge in [-0.15, -0.1) is 0 Å². The largest absolute Gasteiger partial charge is 0.448 e. The number of hydrogen-bond donors (Lipinski definition) is 1. The minimum Gasteiger partial charge on any atom is -0.448 e. The zero-order valence-electron chi connectivity index (χ0n) is 14.8. The van der Waals surface area contributed by atoms with E-state index in [1.165, 1.54) is 12.1 Å². The van der Waals surface area contributed by atoms with Crippen molar-refractivity contribution < 1.29 is 45.2 Å². The normalized spacial score (nSPS) is 12.9. The first kappa shape index (κ1) is 25.8. The molecule has 2 aromatic rings. The number of hydrogen-bond acceptors (Lipinski definition) is 6. The molecule has 0 amide bonds. The number of benzene rings is 2. The van der Waals surface area contributed by atoms with Crippen molar-refractivity contribution in [1.82, 2.24) is 0 Å². The summed E-state index contributed by atoms with van der Waals surface area (Å²) in [7, 11) is -5.12. The zero-order chi connectivity index (χ0) is 23.6. The van der Waals surface area contributed by atoms with E-state index in [1.807, 2.05) is 0 Å². The second-order valence-electron chi connectivity index (χ2n) is 5.82. The van der Waals surface area contributed by atoms with Crippen LogP contribution in [0.2, 0.25) is 0 Å². The molecule has 0 saturated heterocycles. The molecule has 7 nitrogen and oxygen atoms in total. The molecule has 0 radical (unpaired) electrons. The molecule has 0 fully saturated rings. The Bertz CT molecular complexity index is 1100. The Morgan fingerprint density at radius 1 is 1.00 bits per heavy atom. The molecule has 14 heteroatoms. The summed E-state index contributed by atoms with van der Waals surface area (Å²) in [5, 5.41) is 0. The van der Waals surface area contributed by atoms with E-state index >= 15 is 0 Å². The lowest BCUT2D eigenvalue weighted by molar-refractivity contribution is -0.197. The van der Waals surface area contributed by atoms with Gasteiger partial charge in [0, 0.05) is 4.47 Å². The third-order valence-corrected chi connectivity index (χ3v) is 5.86. The van der Waals surface area contributed by atoms with Crippen LogP contribution in [0.15, 0.2) is 49.8 Å². The van der Waals surface area contributed by atoms with E-state index in [0.717, 1.165) is 12.1 Å². The fourth-order valence-electron chi connectivity index (χ4n) is 2.19. The summed E-state index contributed by atoms with van der Waals surface area (Å²) in [6.07, 6.45) is -8.43. The van der Waals surface area contributed by atoms with E-state index in [0.29, 0.717) is 13.4 Å². The predicted molar refractivity (Wildman–Crippen MR) is 113 cm³/mol. The molecule has 1 atom stereocenters. The van der Waals surface area contributed by atoms with Crippen LogP contribution in [0.3, 0.4) is 0 Å². The third-order valence-electron chi connectivity index (χ3n) is 3.50. The van der Waals surface area contributed by atoms with Gasteiger partial charge in [-0.2, -0.15) is 21.6 Å². The average Bonchev–Trinajstić information content (AvgIpc) is 2.62. The number of ether oxygens (including phenoxy) is 2. The Morgan fingerprint density at radius 3 is 1.94 bits per heavy atom. The van der Waals surface area contributed by atoms with Crippen molar-refractivity contribution >= 4 is 69.8 Å². The zero-order valence-corrected chi connectivity index (χ0v) is 20.4. The fourth-order valence-corrected chi connectivity index (χ4v) is 5.25. The van der Waals surface area contributed by atoms with E-state index in [2.05, 4.69) is 52.5 Å². The highest BCUT2D eigenvalue weighted by atomic mass is 79.9. The van der Waals surface area contributed by atoms with Crippen molar-refractivity contribution in [3.05, 3.63) is 60.9 Å². The fraction of sp³-hybridized carbons (Fsp3) is 0.176. The molecule has 0 spiro atoms. The Kier molecular flexibility index (Phi) is 8.30. The van der Waals surface area contributed by atoms with Crippen molar-refractivity contribution in [1.29, 1.82) is 0 Å². The summed E-state index contributed by atoms with van der Waals surface area (Å²) in [5.41, 5.74) is -1.02. The van der Waals surface area contributed by atoms with Crippen LogP contribution < -0.4 is 4.74 Å². The van der Waals surface area contributed by atoms with Gasteiger partial charge in [0.05, 0.1) is 20.1 Å². The summed E-state index contributed by atoms with van der Waals surface area (Å²) >= 11 is 9.62. The maximum atomic E-state index is 13.0. The molecule has 0 heterocycles. The highest BCUT2D eigenvalue weighted by Gasteiger charge is 2.45. The summed E-state index contributed by atoms with van der Waals surface area (Å²) < 4.78 is 80.4. The number of alkyl halides is 3. The summed E-state index contributed by atoms with van der Waals surface area (Å²) in [5.74, 6) is -4.58. The lowest BCUT2D eigenvalue weighted by Gasteiger charge is -2.20. The van der Waals surface area contributed by atoms with Gasteiger partial charge < -0.3 is 9.47 Å². The van der Waals surface area contributed by atoms with Crippen LogP contribution in [0.1, 0.15) is 20.7 Å². The Hall–Kier alpha value is -1.48. The highest BCUT2D eigenvalue weighted by molar-refractivity contribution is 9.11. The van der Waals surface area contributed by atoms with E-state index in [-0.39, 0.29) is 5.75 Å². The lowest BCUT2D eigenvalue weighted by Crippen LogP contribution is -2.39.